The Labute approximate surface area is 229 Å². The number of allylic oxidation sites excluding steroid dienone is 4. The summed E-state index contributed by atoms with van der Waals surface area (Å²) in [7, 11) is 0. The Balaban J connectivity index is 1.20. The third-order valence-electron chi connectivity index (χ3n) is 10.6. The molecule has 0 N–H and O–H groups in total. The second kappa shape index (κ2) is 8.48. The minimum atomic E-state index is -0.868. The first-order valence-corrected chi connectivity index (χ1v) is 14.2. The topological polar surface area (TPSA) is 74.8 Å². The molecule has 2 saturated heterocycles. The molecule has 0 radical (unpaired) electrons. The van der Waals surface area contributed by atoms with Crippen molar-refractivity contribution >= 4 is 23.6 Å². The molecule has 1 aromatic rings. The van der Waals surface area contributed by atoms with Crippen LogP contribution in [0.25, 0.3) is 0 Å². The first kappa shape index (κ1) is 24.5. The van der Waals surface area contributed by atoms with E-state index in [0.29, 0.717) is 12.8 Å². The lowest BCUT2D eigenvalue weighted by Crippen LogP contribution is -2.48. The van der Waals surface area contributed by atoms with Gasteiger partial charge < -0.3 is 0 Å². The zero-order chi connectivity index (χ0) is 27.2. The third-order valence-corrected chi connectivity index (χ3v) is 10.6. The molecule has 200 valence electrons. The van der Waals surface area contributed by atoms with Crippen LogP contribution in [0.4, 0.5) is 0 Å². The Kier molecular flexibility index (Phi) is 5.33. The van der Waals surface area contributed by atoms with Crippen LogP contribution in [0.5, 0.6) is 0 Å². The van der Waals surface area contributed by atoms with Gasteiger partial charge in [-0.1, -0.05) is 60.7 Å². The van der Waals surface area contributed by atoms with Gasteiger partial charge in [0.05, 0.1) is 35.3 Å². The Morgan fingerprint density at radius 1 is 0.769 bits per heavy atom. The minimum Gasteiger partial charge on any atom is -0.274 e. The quantitative estimate of drug-likeness (QED) is 0.366. The highest BCUT2D eigenvalue weighted by molar-refractivity contribution is 6.08. The maximum Gasteiger partial charge on any atom is 0.234 e. The van der Waals surface area contributed by atoms with Crippen LogP contribution in [-0.4, -0.2) is 33.4 Å². The van der Waals surface area contributed by atoms with Gasteiger partial charge in [0.1, 0.15) is 0 Å². The molecule has 0 spiro atoms. The van der Waals surface area contributed by atoms with Crippen molar-refractivity contribution in [2.24, 2.45) is 47.3 Å². The van der Waals surface area contributed by atoms with E-state index in [1.807, 2.05) is 31.2 Å². The molecule has 0 aromatic heterocycles. The van der Waals surface area contributed by atoms with Crippen LogP contribution >= 0.6 is 0 Å². The number of benzene rings is 1. The smallest absolute Gasteiger partial charge is 0.234 e. The number of carbonyl (C=O) groups excluding carboxylic acids is 4. The summed E-state index contributed by atoms with van der Waals surface area (Å²) in [6.45, 7) is 9.77. The van der Waals surface area contributed by atoms with E-state index >= 15 is 0 Å². The highest BCUT2D eigenvalue weighted by Crippen LogP contribution is 2.56. The number of imide groups is 2. The molecule has 10 atom stereocenters. The van der Waals surface area contributed by atoms with Gasteiger partial charge in [-0.05, 0) is 67.4 Å². The van der Waals surface area contributed by atoms with Gasteiger partial charge >= 0.3 is 0 Å². The van der Waals surface area contributed by atoms with E-state index < -0.39 is 11.6 Å². The Morgan fingerprint density at radius 3 is 1.67 bits per heavy atom. The van der Waals surface area contributed by atoms with Crippen LogP contribution in [0, 0.1) is 47.3 Å². The van der Waals surface area contributed by atoms with Crippen molar-refractivity contribution in [3.63, 3.8) is 0 Å². The summed E-state index contributed by atoms with van der Waals surface area (Å²) in [5.41, 5.74) is 0.816. The van der Waals surface area contributed by atoms with E-state index in [-0.39, 0.29) is 71.0 Å². The van der Waals surface area contributed by atoms with Crippen LogP contribution < -0.4 is 0 Å². The van der Waals surface area contributed by atoms with Gasteiger partial charge in [-0.2, -0.15) is 0 Å². The zero-order valence-corrected chi connectivity index (χ0v) is 22.2. The summed E-state index contributed by atoms with van der Waals surface area (Å²) >= 11 is 0. The summed E-state index contributed by atoms with van der Waals surface area (Å²) in [4.78, 5) is 57.4. The Hall–Kier alpha value is -3.54. The van der Waals surface area contributed by atoms with Crippen LogP contribution in [0.15, 0.2) is 73.9 Å². The molecule has 6 nitrogen and oxygen atoms in total. The number of rotatable bonds is 8. The maximum atomic E-state index is 13.7. The van der Waals surface area contributed by atoms with Crippen molar-refractivity contribution in [2.75, 3.05) is 0 Å². The van der Waals surface area contributed by atoms with Crippen molar-refractivity contribution < 1.29 is 19.2 Å². The predicted octanol–water partition coefficient (Wildman–Crippen LogP) is 4.71. The molecule has 2 heterocycles. The van der Waals surface area contributed by atoms with Gasteiger partial charge in [0.25, 0.3) is 0 Å². The lowest BCUT2D eigenvalue weighted by Gasteiger charge is -2.38. The lowest BCUT2D eigenvalue weighted by atomic mass is 9.85. The van der Waals surface area contributed by atoms with Crippen LogP contribution in [0.3, 0.4) is 0 Å². The molecule has 4 amide bonds. The van der Waals surface area contributed by atoms with Gasteiger partial charge in [-0.25, -0.2) is 0 Å². The van der Waals surface area contributed by atoms with Crippen molar-refractivity contribution in [2.45, 2.75) is 44.2 Å². The van der Waals surface area contributed by atoms with Crippen LogP contribution in [0.2, 0.25) is 0 Å². The van der Waals surface area contributed by atoms with Gasteiger partial charge in [-0.3, -0.25) is 29.0 Å². The highest BCUT2D eigenvalue weighted by atomic mass is 16.2. The fourth-order valence-electron chi connectivity index (χ4n) is 8.85. The summed E-state index contributed by atoms with van der Waals surface area (Å²) in [6, 6.07) is 7.32. The fourth-order valence-corrected chi connectivity index (χ4v) is 8.85. The van der Waals surface area contributed by atoms with E-state index in [4.69, 9.17) is 0 Å². The van der Waals surface area contributed by atoms with Crippen molar-refractivity contribution in [1.29, 1.82) is 0 Å². The Bertz CT molecular complexity index is 1310. The second-order valence-electron chi connectivity index (χ2n) is 12.5. The van der Waals surface area contributed by atoms with Crippen molar-refractivity contribution in [1.82, 2.24) is 9.80 Å². The van der Waals surface area contributed by atoms with E-state index in [1.165, 1.54) is 9.80 Å². The first-order valence-electron chi connectivity index (χ1n) is 14.2. The summed E-state index contributed by atoms with van der Waals surface area (Å²) < 4.78 is 0. The van der Waals surface area contributed by atoms with Gasteiger partial charge in [0.2, 0.25) is 23.6 Å². The molecule has 4 fully saturated rings. The minimum absolute atomic E-state index is 0.0719. The zero-order valence-electron chi connectivity index (χ0n) is 22.2. The number of hydrogen-bond donors (Lipinski definition) is 0. The lowest BCUT2D eigenvalue weighted by molar-refractivity contribution is -0.148. The van der Waals surface area contributed by atoms with Gasteiger partial charge in [0.15, 0.2) is 0 Å². The Morgan fingerprint density at radius 2 is 1.23 bits per heavy atom. The van der Waals surface area contributed by atoms with E-state index in [9.17, 15) is 19.2 Å². The van der Waals surface area contributed by atoms with Gasteiger partial charge in [0, 0.05) is 0 Å². The number of hydrogen-bond acceptors (Lipinski definition) is 4. The summed E-state index contributed by atoms with van der Waals surface area (Å²) in [5.74, 6) is -0.692. The number of carbonyl (C=O) groups is 4. The fraction of sp³-hybridized carbons (Fsp3) is 0.455. The van der Waals surface area contributed by atoms with E-state index in [1.54, 1.807) is 12.2 Å². The van der Waals surface area contributed by atoms with Gasteiger partial charge in [-0.15, -0.1) is 13.2 Å². The number of likely N-dealkylation sites (tertiary alicyclic amines) is 2. The summed E-state index contributed by atoms with van der Waals surface area (Å²) in [5, 5.41) is 0. The van der Waals surface area contributed by atoms with Crippen LogP contribution in [0.1, 0.15) is 49.8 Å². The first-order chi connectivity index (χ1) is 18.8. The summed E-state index contributed by atoms with van der Waals surface area (Å²) in [6.07, 6.45) is 14.6. The second-order valence-corrected chi connectivity index (χ2v) is 12.5. The molecule has 2 aliphatic heterocycles. The van der Waals surface area contributed by atoms with Crippen molar-refractivity contribution in [3.8, 4) is 0 Å². The monoisotopic (exact) mass is 522 g/mol. The van der Waals surface area contributed by atoms with E-state index in [0.717, 1.165) is 24.0 Å². The molecule has 6 aliphatic rings. The number of nitrogens with zero attached hydrogens (tertiary/aromatic N) is 2. The molecule has 1 aromatic carbocycles. The molecular formula is C33H34N2O4. The predicted molar refractivity (Wildman–Crippen MR) is 145 cm³/mol. The molecule has 7 rings (SSSR count). The van der Waals surface area contributed by atoms with Crippen molar-refractivity contribution in [3.05, 3.63) is 85.0 Å². The molecular weight excluding hydrogens is 488 g/mol. The number of amides is 4. The average Bonchev–Trinajstić information content (AvgIpc) is 3.76. The molecule has 39 heavy (non-hydrogen) atoms. The average molecular weight is 523 g/mol. The van der Waals surface area contributed by atoms with E-state index in [2.05, 4.69) is 37.5 Å². The molecule has 10 unspecified atom stereocenters. The molecule has 2 saturated carbocycles. The molecule has 4 bridgehead atoms. The number of fused-ring (bicyclic) bond motifs is 10. The third kappa shape index (κ3) is 3.14. The largest absolute Gasteiger partial charge is 0.274 e. The maximum absolute atomic E-state index is 13.7. The highest BCUT2D eigenvalue weighted by Gasteiger charge is 2.63. The van der Waals surface area contributed by atoms with Crippen LogP contribution in [-0.2, 0) is 24.7 Å². The molecule has 4 aliphatic carbocycles. The normalized spacial score (nSPS) is 37.6. The standard InChI is InChI=1S/C33H34N2O4/c1-4-6-24(34-29(36)25-19-7-8-20(16-19)26(25)30(34)37)18-11-13-23(14-12-18)33(3,15-5-2)35-31(38)27-21-9-10-22(17-21)28(27)32(35)39/h4-5,7-14,19-22,24-28H,1-2,6,15-17H2,3H3. The SMILES string of the molecule is C=CCC(c1ccc(C(C)(CC=C)N2C(=O)C3C4C=CC(C4)C3C2=O)cc1)N1C(=O)C2C3C=CC(C3)C2C1=O. The molecule has 6 heteroatoms.